The van der Waals surface area contributed by atoms with E-state index >= 15 is 0 Å². The van der Waals surface area contributed by atoms with Crippen LogP contribution in [0.2, 0.25) is 0 Å². The number of rotatable bonds is 11. The Morgan fingerprint density at radius 1 is 1.02 bits per heavy atom. The smallest absolute Gasteiger partial charge is 0.309 e. The first kappa shape index (κ1) is 28.9. The van der Waals surface area contributed by atoms with Gasteiger partial charge in [-0.2, -0.15) is 0 Å². The van der Waals surface area contributed by atoms with Gasteiger partial charge < -0.3 is 24.8 Å². The van der Waals surface area contributed by atoms with Crippen molar-refractivity contribution in [1.82, 2.24) is 9.97 Å². The number of hydrogen-bond acceptors (Lipinski definition) is 7. The quantitative estimate of drug-likeness (QED) is 0.201. The van der Waals surface area contributed by atoms with Gasteiger partial charge in [0.1, 0.15) is 11.9 Å². The summed E-state index contributed by atoms with van der Waals surface area (Å²) in [5.41, 5.74) is 3.20. The minimum atomic E-state index is -0.807. The summed E-state index contributed by atoms with van der Waals surface area (Å²) >= 11 is 0. The third-order valence-corrected chi connectivity index (χ3v) is 7.41. The van der Waals surface area contributed by atoms with E-state index in [1.807, 2.05) is 67.6 Å². The zero-order chi connectivity index (χ0) is 29.5. The van der Waals surface area contributed by atoms with Crippen molar-refractivity contribution in [3.05, 3.63) is 90.8 Å². The summed E-state index contributed by atoms with van der Waals surface area (Å²) in [6.45, 7) is 7.66. The standard InChI is InChI=1S/C34H38N4O4/c1-4-41-29-12-5-6-13-30(29)42-28-11-8-18-38(23-28)32-22-35-21-31(37-32)36-27-10-7-9-26(19-27)25-16-14-24(15-17-25)20-34(2,3)33(39)40/h5-7,9-10,12-17,19,21-22,28H,4,8,11,18,20,23H2,1-3H3,(H,36,37)(H,39,40)/t28-/m1/s1. The third-order valence-electron chi connectivity index (χ3n) is 7.41. The molecule has 4 aromatic rings. The molecule has 0 radical (unpaired) electrons. The minimum Gasteiger partial charge on any atom is -0.490 e. The summed E-state index contributed by atoms with van der Waals surface area (Å²) in [7, 11) is 0. The predicted octanol–water partition coefficient (Wildman–Crippen LogP) is 6.99. The average Bonchev–Trinajstić information content (AvgIpc) is 2.99. The van der Waals surface area contributed by atoms with Crippen molar-refractivity contribution in [3.63, 3.8) is 0 Å². The van der Waals surface area contributed by atoms with Gasteiger partial charge in [0.15, 0.2) is 17.3 Å². The first-order chi connectivity index (χ1) is 20.3. The molecule has 42 heavy (non-hydrogen) atoms. The van der Waals surface area contributed by atoms with Crippen molar-refractivity contribution in [2.75, 3.05) is 29.9 Å². The molecular weight excluding hydrogens is 528 g/mol. The lowest BCUT2D eigenvalue weighted by Crippen LogP contribution is -2.41. The Bertz CT molecular complexity index is 1510. The van der Waals surface area contributed by atoms with Gasteiger partial charge in [-0.05, 0) is 81.0 Å². The Balaban J connectivity index is 1.25. The largest absolute Gasteiger partial charge is 0.490 e. The van der Waals surface area contributed by atoms with Crippen LogP contribution >= 0.6 is 0 Å². The number of carboxylic acid groups (broad SMARTS) is 1. The van der Waals surface area contributed by atoms with Crippen LogP contribution in [0, 0.1) is 5.41 Å². The number of aromatic nitrogens is 2. The molecule has 2 N–H and O–H groups in total. The fourth-order valence-electron chi connectivity index (χ4n) is 5.14. The molecule has 218 valence electrons. The number of carboxylic acids is 1. The maximum Gasteiger partial charge on any atom is 0.309 e. The number of carbonyl (C=O) groups is 1. The molecule has 0 amide bonds. The summed E-state index contributed by atoms with van der Waals surface area (Å²) in [5.74, 6) is 2.21. The number of piperidine rings is 1. The van der Waals surface area contributed by atoms with Crippen LogP contribution in [0.3, 0.4) is 0 Å². The topological polar surface area (TPSA) is 96.8 Å². The van der Waals surface area contributed by atoms with Crippen molar-refractivity contribution < 1.29 is 19.4 Å². The SMILES string of the molecule is CCOc1ccccc1O[C@@H]1CCCN(c2cncc(Nc3cccc(-c4ccc(CC(C)(C)C(=O)O)cc4)c3)n2)C1. The highest BCUT2D eigenvalue weighted by molar-refractivity contribution is 5.74. The first-order valence-electron chi connectivity index (χ1n) is 14.5. The normalized spacial score (nSPS) is 15.2. The summed E-state index contributed by atoms with van der Waals surface area (Å²) in [6.07, 6.45) is 5.99. The molecule has 5 rings (SSSR count). The lowest BCUT2D eigenvalue weighted by Gasteiger charge is -2.33. The number of nitrogens with one attached hydrogen (secondary N) is 1. The Morgan fingerprint density at radius 2 is 1.81 bits per heavy atom. The number of anilines is 3. The summed E-state index contributed by atoms with van der Waals surface area (Å²) in [5, 5.41) is 12.8. The molecule has 0 aliphatic carbocycles. The predicted molar refractivity (Wildman–Crippen MR) is 166 cm³/mol. The molecule has 8 heteroatoms. The second kappa shape index (κ2) is 12.9. The Hall–Kier alpha value is -4.59. The molecule has 2 heterocycles. The van der Waals surface area contributed by atoms with Crippen LogP contribution in [-0.4, -0.2) is 46.8 Å². The van der Waals surface area contributed by atoms with Crippen LogP contribution in [0.1, 0.15) is 39.2 Å². The molecule has 0 bridgehead atoms. The van der Waals surface area contributed by atoms with E-state index in [0.29, 0.717) is 25.4 Å². The lowest BCUT2D eigenvalue weighted by molar-refractivity contribution is -0.146. The van der Waals surface area contributed by atoms with Gasteiger partial charge in [-0.3, -0.25) is 9.78 Å². The molecule has 0 spiro atoms. The van der Waals surface area contributed by atoms with Gasteiger partial charge in [-0.15, -0.1) is 0 Å². The maximum atomic E-state index is 11.5. The van der Waals surface area contributed by atoms with E-state index in [9.17, 15) is 9.90 Å². The summed E-state index contributed by atoms with van der Waals surface area (Å²) < 4.78 is 12.1. The van der Waals surface area contributed by atoms with Crippen molar-refractivity contribution in [2.24, 2.45) is 5.41 Å². The van der Waals surface area contributed by atoms with E-state index in [1.165, 1.54) is 0 Å². The molecule has 1 fully saturated rings. The highest BCUT2D eigenvalue weighted by Crippen LogP contribution is 2.31. The van der Waals surface area contributed by atoms with Gasteiger partial charge in [0.05, 0.1) is 31.0 Å². The van der Waals surface area contributed by atoms with Gasteiger partial charge in [-0.1, -0.05) is 48.5 Å². The van der Waals surface area contributed by atoms with Crippen molar-refractivity contribution in [3.8, 4) is 22.6 Å². The molecule has 1 aromatic heterocycles. The van der Waals surface area contributed by atoms with Crippen molar-refractivity contribution in [1.29, 1.82) is 0 Å². The second-order valence-corrected chi connectivity index (χ2v) is 11.2. The van der Waals surface area contributed by atoms with Gasteiger partial charge in [0.25, 0.3) is 0 Å². The molecule has 1 aliphatic heterocycles. The van der Waals surface area contributed by atoms with E-state index in [2.05, 4.69) is 27.3 Å². The van der Waals surface area contributed by atoms with Gasteiger partial charge in [-0.25, -0.2) is 4.98 Å². The molecule has 1 aliphatic rings. The molecule has 1 atom stereocenters. The van der Waals surface area contributed by atoms with Crippen LogP contribution in [0.5, 0.6) is 11.5 Å². The van der Waals surface area contributed by atoms with Gasteiger partial charge >= 0.3 is 5.97 Å². The lowest BCUT2D eigenvalue weighted by atomic mass is 9.85. The van der Waals surface area contributed by atoms with Gasteiger partial charge in [0, 0.05) is 12.2 Å². The number of benzene rings is 3. The fraction of sp³-hybridized carbons (Fsp3) is 0.324. The van der Waals surface area contributed by atoms with Crippen LogP contribution < -0.4 is 19.7 Å². The van der Waals surface area contributed by atoms with E-state index in [4.69, 9.17) is 14.5 Å². The highest BCUT2D eigenvalue weighted by Gasteiger charge is 2.27. The van der Waals surface area contributed by atoms with E-state index < -0.39 is 11.4 Å². The van der Waals surface area contributed by atoms with Crippen LogP contribution in [-0.2, 0) is 11.2 Å². The summed E-state index contributed by atoms with van der Waals surface area (Å²) in [6, 6.07) is 24.0. The third kappa shape index (κ3) is 7.18. The Morgan fingerprint density at radius 3 is 2.57 bits per heavy atom. The van der Waals surface area contributed by atoms with Crippen LogP contribution in [0.4, 0.5) is 17.3 Å². The molecular formula is C34H38N4O4. The fourth-order valence-corrected chi connectivity index (χ4v) is 5.14. The first-order valence-corrected chi connectivity index (χ1v) is 14.5. The number of ether oxygens (including phenoxy) is 2. The number of hydrogen-bond donors (Lipinski definition) is 2. The monoisotopic (exact) mass is 566 g/mol. The van der Waals surface area contributed by atoms with Crippen molar-refractivity contribution in [2.45, 2.75) is 46.1 Å². The zero-order valence-corrected chi connectivity index (χ0v) is 24.4. The van der Waals surface area contributed by atoms with E-state index in [0.717, 1.165) is 59.1 Å². The Kier molecular flexibility index (Phi) is 8.91. The molecule has 0 saturated carbocycles. The van der Waals surface area contributed by atoms with Crippen molar-refractivity contribution >= 4 is 23.3 Å². The number of nitrogens with zero attached hydrogens (tertiary/aromatic N) is 3. The van der Waals surface area contributed by atoms with E-state index in [1.54, 1.807) is 26.2 Å². The molecule has 0 unspecified atom stereocenters. The summed E-state index contributed by atoms with van der Waals surface area (Å²) in [4.78, 5) is 23.1. The second-order valence-electron chi connectivity index (χ2n) is 11.2. The molecule has 1 saturated heterocycles. The van der Waals surface area contributed by atoms with Gasteiger partial charge in [0.2, 0.25) is 0 Å². The molecule has 3 aromatic carbocycles. The average molecular weight is 567 g/mol. The minimum absolute atomic E-state index is 0.0250. The van der Waals surface area contributed by atoms with Crippen LogP contribution in [0.15, 0.2) is 85.2 Å². The number of aliphatic carboxylic acids is 1. The zero-order valence-electron chi connectivity index (χ0n) is 24.4. The number of para-hydroxylation sites is 2. The molecule has 8 nitrogen and oxygen atoms in total. The Labute approximate surface area is 247 Å². The van der Waals surface area contributed by atoms with E-state index in [-0.39, 0.29) is 6.10 Å². The highest BCUT2D eigenvalue weighted by atomic mass is 16.5. The maximum absolute atomic E-state index is 11.5. The van der Waals surface area contributed by atoms with Crippen LogP contribution in [0.25, 0.3) is 11.1 Å².